The first-order chi connectivity index (χ1) is 19.1. The third kappa shape index (κ3) is 24.3. The van der Waals surface area contributed by atoms with Gasteiger partial charge in [-0.1, -0.05) is 168 Å². The van der Waals surface area contributed by atoms with E-state index in [4.69, 9.17) is 5.73 Å². The molecule has 0 aromatic rings. The Morgan fingerprint density at radius 1 is 0.385 bits per heavy atom. The Morgan fingerprint density at radius 2 is 0.615 bits per heavy atom. The molecule has 0 fully saturated rings. The maximum atomic E-state index is 12.6. The average Bonchev–Trinajstić information content (AvgIpc) is 2.93. The summed E-state index contributed by atoms with van der Waals surface area (Å²) in [6, 6.07) is 0. The molecule has 0 radical (unpaired) electrons. The summed E-state index contributed by atoms with van der Waals surface area (Å²) in [6.45, 7) is 4.22. The number of unbranched alkanes of at least 4 members (excludes halogenated alkanes) is 24. The average molecular weight is 551 g/mol. The van der Waals surface area contributed by atoms with Crippen molar-refractivity contribution in [3.8, 4) is 0 Å². The predicted octanol–water partition coefficient (Wildman–Crippen LogP) is 9.79. The molecule has 0 unspecified atom stereocenters. The van der Waals surface area contributed by atoms with Gasteiger partial charge in [0.1, 0.15) is 0 Å². The van der Waals surface area contributed by atoms with E-state index in [1.807, 2.05) is 0 Å². The van der Waals surface area contributed by atoms with E-state index >= 15 is 0 Å². The zero-order valence-electron chi connectivity index (χ0n) is 26.3. The minimum absolute atomic E-state index is 0.258. The zero-order chi connectivity index (χ0) is 28.8. The molecule has 0 aromatic heterocycles. The quantitative estimate of drug-likeness (QED) is 0.0940. The van der Waals surface area contributed by atoms with Crippen molar-refractivity contribution in [2.24, 2.45) is 5.73 Å². The van der Waals surface area contributed by atoms with E-state index in [-0.39, 0.29) is 31.2 Å². The van der Waals surface area contributed by atoms with Gasteiger partial charge in [0.25, 0.3) is 0 Å². The van der Waals surface area contributed by atoms with E-state index in [2.05, 4.69) is 13.8 Å². The Kier molecular flexibility index (Phi) is 28.8. The number of hydrogen-bond acceptors (Lipinski definition) is 4. The lowest BCUT2D eigenvalue weighted by atomic mass is 10.0. The van der Waals surface area contributed by atoms with Crippen molar-refractivity contribution in [3.63, 3.8) is 0 Å². The summed E-state index contributed by atoms with van der Waals surface area (Å²) in [6.07, 6.45) is 32.7. The molecule has 0 aliphatic rings. The molecule has 0 saturated heterocycles. The lowest BCUT2D eigenvalue weighted by Gasteiger charge is -2.18. The van der Waals surface area contributed by atoms with Gasteiger partial charge in [0.15, 0.2) is 0 Å². The summed E-state index contributed by atoms with van der Waals surface area (Å²) in [5.74, 6) is -1.30. The van der Waals surface area contributed by atoms with Gasteiger partial charge in [0, 0.05) is 12.8 Å². The summed E-state index contributed by atoms with van der Waals surface area (Å²) in [7, 11) is 0. The third-order valence-corrected chi connectivity index (χ3v) is 7.91. The first kappa shape index (κ1) is 37.8. The smallest absolute Gasteiger partial charge is 0.249 e. The lowest BCUT2D eigenvalue weighted by molar-refractivity contribution is -0.153. The number of nitrogens with two attached hydrogens (primary N) is 1. The van der Waals surface area contributed by atoms with Crippen molar-refractivity contribution in [1.82, 2.24) is 4.90 Å². The number of nitrogens with zero attached hydrogens (tertiary/aromatic N) is 1. The van der Waals surface area contributed by atoms with Crippen molar-refractivity contribution >= 4 is 17.7 Å². The number of carbonyl (C=O) groups is 3. The Bertz CT molecular complexity index is 537. The summed E-state index contributed by atoms with van der Waals surface area (Å²) in [5, 5.41) is 0. The fourth-order valence-electron chi connectivity index (χ4n) is 5.32. The molecular formula is C34H66N2O3. The van der Waals surface area contributed by atoms with Gasteiger partial charge in [0.05, 0.1) is 6.54 Å². The fourth-order valence-corrected chi connectivity index (χ4v) is 5.32. The monoisotopic (exact) mass is 551 g/mol. The minimum Gasteiger partial charge on any atom is -0.322 e. The third-order valence-electron chi connectivity index (χ3n) is 7.91. The van der Waals surface area contributed by atoms with Crippen molar-refractivity contribution < 1.29 is 14.4 Å². The molecule has 0 bridgehead atoms. The van der Waals surface area contributed by atoms with Crippen LogP contribution in [0, 0.1) is 0 Å². The minimum atomic E-state index is -0.561. The topological polar surface area (TPSA) is 80.5 Å². The number of hydrogen-bond donors (Lipinski definition) is 1. The second kappa shape index (κ2) is 29.7. The normalized spacial score (nSPS) is 11.2. The molecule has 0 aliphatic carbocycles. The van der Waals surface area contributed by atoms with Crippen molar-refractivity contribution in [1.29, 1.82) is 0 Å². The van der Waals surface area contributed by atoms with E-state index in [0.29, 0.717) is 0 Å². The molecule has 3 amide bonds. The summed E-state index contributed by atoms with van der Waals surface area (Å²) in [5.41, 5.74) is 5.50. The van der Waals surface area contributed by atoms with Crippen molar-refractivity contribution in [2.45, 2.75) is 194 Å². The van der Waals surface area contributed by atoms with Crippen molar-refractivity contribution in [2.75, 3.05) is 6.54 Å². The highest BCUT2D eigenvalue weighted by Crippen LogP contribution is 2.15. The van der Waals surface area contributed by atoms with Crippen LogP contribution in [0.25, 0.3) is 0 Å². The molecule has 0 rings (SSSR count). The summed E-state index contributed by atoms with van der Waals surface area (Å²) >= 11 is 0. The van der Waals surface area contributed by atoms with Crippen LogP contribution in [0.4, 0.5) is 0 Å². The number of carbonyl (C=O) groups excluding carboxylic acids is 3. The van der Waals surface area contributed by atoms with Gasteiger partial charge in [-0.3, -0.25) is 14.4 Å². The number of rotatable bonds is 29. The van der Waals surface area contributed by atoms with Crippen LogP contribution in [0.5, 0.6) is 0 Å². The Morgan fingerprint density at radius 3 is 0.846 bits per heavy atom. The van der Waals surface area contributed by atoms with Gasteiger partial charge >= 0.3 is 0 Å². The molecule has 5 nitrogen and oxygen atoms in total. The van der Waals surface area contributed by atoms with E-state index < -0.39 is 5.91 Å². The van der Waals surface area contributed by atoms with Crippen LogP contribution < -0.4 is 5.73 Å². The molecule has 0 heterocycles. The standard InChI is InChI=1S/C34H66N2O3/c1-3-5-7-9-11-13-15-17-19-21-23-25-27-29-32(37)36(34(39)31-35)33(38)30-28-26-24-22-20-18-16-14-12-10-8-6-4-2/h3-31,35H2,1-2H3. The SMILES string of the molecule is CCCCCCCCCCCCCCCC(=O)N(C(=O)CN)C(=O)CCCCCCCCCCCCCCC. The van der Waals surface area contributed by atoms with Crippen LogP contribution in [0.15, 0.2) is 0 Å². The second-order valence-electron chi connectivity index (χ2n) is 11.7. The van der Waals surface area contributed by atoms with Crippen LogP contribution in [0.3, 0.4) is 0 Å². The molecule has 230 valence electrons. The molecule has 0 saturated carbocycles. The van der Waals surface area contributed by atoms with E-state index in [1.54, 1.807) is 0 Å². The Balaban J connectivity index is 3.84. The van der Waals surface area contributed by atoms with Gasteiger partial charge < -0.3 is 5.73 Å². The Labute approximate surface area is 242 Å². The highest BCUT2D eigenvalue weighted by Gasteiger charge is 2.26. The second-order valence-corrected chi connectivity index (χ2v) is 11.7. The zero-order valence-corrected chi connectivity index (χ0v) is 26.3. The van der Waals surface area contributed by atoms with Gasteiger partial charge in [-0.25, -0.2) is 4.90 Å². The first-order valence-corrected chi connectivity index (χ1v) is 17.2. The molecule has 0 aromatic carbocycles. The van der Waals surface area contributed by atoms with Gasteiger partial charge in [0.2, 0.25) is 17.7 Å². The number of imide groups is 3. The summed E-state index contributed by atoms with van der Waals surface area (Å²) < 4.78 is 0. The van der Waals surface area contributed by atoms with Gasteiger partial charge in [-0.2, -0.15) is 0 Å². The first-order valence-electron chi connectivity index (χ1n) is 17.2. The van der Waals surface area contributed by atoms with Crippen LogP contribution in [-0.2, 0) is 14.4 Å². The fraction of sp³-hybridized carbons (Fsp3) is 0.912. The molecule has 2 N–H and O–H groups in total. The predicted molar refractivity (Wildman–Crippen MR) is 167 cm³/mol. The van der Waals surface area contributed by atoms with Crippen LogP contribution in [-0.4, -0.2) is 29.2 Å². The number of amides is 3. The molecule has 0 aliphatic heterocycles. The Hall–Kier alpha value is -1.23. The van der Waals surface area contributed by atoms with Crippen LogP contribution in [0.2, 0.25) is 0 Å². The largest absolute Gasteiger partial charge is 0.322 e. The van der Waals surface area contributed by atoms with Crippen LogP contribution >= 0.6 is 0 Å². The molecule has 39 heavy (non-hydrogen) atoms. The molecule has 0 spiro atoms. The summed E-state index contributed by atoms with van der Waals surface area (Å²) in [4.78, 5) is 38.4. The highest BCUT2D eigenvalue weighted by molar-refractivity contribution is 6.11. The maximum Gasteiger partial charge on any atom is 0.249 e. The van der Waals surface area contributed by atoms with E-state index in [1.165, 1.54) is 128 Å². The molecule has 0 atom stereocenters. The molecule has 5 heteroatoms. The maximum absolute atomic E-state index is 12.6. The van der Waals surface area contributed by atoms with Gasteiger partial charge in [-0.15, -0.1) is 0 Å². The lowest BCUT2D eigenvalue weighted by Crippen LogP contribution is -2.44. The van der Waals surface area contributed by atoms with E-state index in [9.17, 15) is 14.4 Å². The van der Waals surface area contributed by atoms with Gasteiger partial charge in [-0.05, 0) is 12.8 Å². The van der Waals surface area contributed by atoms with Crippen LogP contribution in [0.1, 0.15) is 194 Å². The molecular weight excluding hydrogens is 484 g/mol. The van der Waals surface area contributed by atoms with E-state index in [0.717, 1.165) is 43.4 Å². The van der Waals surface area contributed by atoms with Crippen molar-refractivity contribution in [3.05, 3.63) is 0 Å². The highest BCUT2D eigenvalue weighted by atomic mass is 16.2.